The van der Waals surface area contributed by atoms with E-state index in [0.29, 0.717) is 5.75 Å². The number of nitrogens with one attached hydrogen (secondary N) is 3. The van der Waals surface area contributed by atoms with Crippen molar-refractivity contribution >= 4 is 48.1 Å². The number of carboxylic acids is 1. The first kappa shape index (κ1) is 26.8. The molecule has 172 valence electrons. The highest BCUT2D eigenvalue weighted by Crippen LogP contribution is 2.06. The summed E-state index contributed by atoms with van der Waals surface area (Å²) in [7, 11) is 0. The Morgan fingerprint density at radius 3 is 2.19 bits per heavy atom. The van der Waals surface area contributed by atoms with Gasteiger partial charge in [0.1, 0.15) is 18.1 Å². The van der Waals surface area contributed by atoms with E-state index < -0.39 is 47.9 Å². The topological polar surface area (TPSA) is 151 Å². The van der Waals surface area contributed by atoms with Crippen LogP contribution >= 0.6 is 24.4 Å². The molecule has 1 aromatic rings. The van der Waals surface area contributed by atoms with Gasteiger partial charge in [-0.1, -0.05) is 30.3 Å². The fraction of sp³-hybridized carbons (Fsp3) is 0.500. The van der Waals surface area contributed by atoms with Gasteiger partial charge in [0.2, 0.25) is 17.7 Å². The molecule has 3 amide bonds. The third-order valence-corrected chi connectivity index (χ3v) is 5.46. The average Bonchev–Trinajstić information content (AvgIpc) is 2.75. The Hall–Kier alpha value is -2.24. The van der Waals surface area contributed by atoms with Crippen molar-refractivity contribution in [1.29, 1.82) is 0 Å². The maximum Gasteiger partial charge on any atom is 0.326 e. The number of carbonyl (C=O) groups excluding carboxylic acids is 3. The quantitative estimate of drug-likeness (QED) is 0.219. The smallest absolute Gasteiger partial charge is 0.326 e. The van der Waals surface area contributed by atoms with Gasteiger partial charge in [-0.2, -0.15) is 24.4 Å². The Morgan fingerprint density at radius 2 is 1.65 bits per heavy atom. The summed E-state index contributed by atoms with van der Waals surface area (Å²) in [5, 5.41) is 17.0. The molecule has 0 spiro atoms. The second kappa shape index (κ2) is 13.9. The van der Waals surface area contributed by atoms with Crippen LogP contribution in [0.4, 0.5) is 0 Å². The molecule has 0 aliphatic heterocycles. The number of carboxylic acid groups (broad SMARTS) is 1. The summed E-state index contributed by atoms with van der Waals surface area (Å²) in [6.45, 7) is 1.47. The van der Waals surface area contributed by atoms with Gasteiger partial charge in [0.25, 0.3) is 0 Å². The van der Waals surface area contributed by atoms with Crippen LogP contribution in [0, 0.1) is 0 Å². The largest absolute Gasteiger partial charge is 0.480 e. The number of thiol groups is 1. The summed E-state index contributed by atoms with van der Waals surface area (Å²) >= 11 is 5.42. The minimum Gasteiger partial charge on any atom is -0.480 e. The van der Waals surface area contributed by atoms with Gasteiger partial charge in [0.15, 0.2) is 0 Å². The van der Waals surface area contributed by atoms with Crippen LogP contribution in [0.25, 0.3) is 0 Å². The maximum atomic E-state index is 12.8. The van der Waals surface area contributed by atoms with Crippen LogP contribution in [0.2, 0.25) is 0 Å². The lowest BCUT2D eigenvalue weighted by molar-refractivity contribution is -0.142. The van der Waals surface area contributed by atoms with Gasteiger partial charge in [-0.25, -0.2) is 4.79 Å². The van der Waals surface area contributed by atoms with Crippen molar-refractivity contribution in [2.75, 3.05) is 17.8 Å². The van der Waals surface area contributed by atoms with Crippen molar-refractivity contribution in [1.82, 2.24) is 16.0 Å². The molecule has 0 aliphatic rings. The molecule has 1 aromatic carbocycles. The number of amides is 3. The zero-order valence-corrected chi connectivity index (χ0v) is 19.2. The summed E-state index contributed by atoms with van der Waals surface area (Å²) in [4.78, 5) is 48.8. The van der Waals surface area contributed by atoms with Crippen LogP contribution in [0.1, 0.15) is 18.9 Å². The van der Waals surface area contributed by atoms with Crippen molar-refractivity contribution in [3.8, 4) is 0 Å². The number of carbonyl (C=O) groups is 4. The number of hydrogen-bond donors (Lipinski definition) is 6. The number of aliphatic carboxylic acids is 1. The lowest BCUT2D eigenvalue weighted by Gasteiger charge is -2.24. The van der Waals surface area contributed by atoms with Gasteiger partial charge in [-0.15, -0.1) is 0 Å². The van der Waals surface area contributed by atoms with Gasteiger partial charge >= 0.3 is 5.97 Å². The molecule has 1 rings (SSSR count). The molecule has 11 heteroatoms. The normalized spacial score (nSPS) is 14.6. The van der Waals surface area contributed by atoms with Crippen LogP contribution in [-0.2, 0) is 25.6 Å². The highest BCUT2D eigenvalue weighted by atomic mass is 32.2. The molecule has 0 saturated heterocycles. The van der Waals surface area contributed by atoms with E-state index in [1.165, 1.54) is 18.7 Å². The summed E-state index contributed by atoms with van der Waals surface area (Å²) in [6, 6.07) is 5.11. The Balaban J connectivity index is 2.92. The fourth-order valence-corrected chi connectivity index (χ4v) is 3.23. The zero-order valence-electron chi connectivity index (χ0n) is 17.5. The third-order valence-electron chi connectivity index (χ3n) is 4.43. The van der Waals surface area contributed by atoms with Gasteiger partial charge < -0.3 is 26.8 Å². The van der Waals surface area contributed by atoms with Gasteiger partial charge in [-0.3, -0.25) is 14.4 Å². The minimum atomic E-state index is -1.14. The summed E-state index contributed by atoms with van der Waals surface area (Å²) in [5.74, 6) is -2.21. The molecular formula is C20H30N4O5S2. The second-order valence-corrected chi connectivity index (χ2v) is 8.30. The molecule has 0 fully saturated rings. The lowest BCUT2D eigenvalue weighted by Crippen LogP contribution is -2.57. The molecule has 0 bridgehead atoms. The van der Waals surface area contributed by atoms with Gasteiger partial charge in [-0.05, 0) is 30.9 Å². The van der Waals surface area contributed by atoms with Gasteiger partial charge in [0.05, 0.1) is 6.04 Å². The highest BCUT2D eigenvalue weighted by molar-refractivity contribution is 7.98. The highest BCUT2D eigenvalue weighted by Gasteiger charge is 2.28. The predicted octanol–water partition coefficient (Wildman–Crippen LogP) is -0.202. The molecule has 4 atom stereocenters. The van der Waals surface area contributed by atoms with Gasteiger partial charge in [0, 0.05) is 12.2 Å². The van der Waals surface area contributed by atoms with Crippen molar-refractivity contribution < 1.29 is 24.3 Å². The number of benzene rings is 1. The monoisotopic (exact) mass is 470 g/mol. The first-order chi connectivity index (χ1) is 14.7. The molecule has 0 radical (unpaired) electrons. The summed E-state index contributed by atoms with van der Waals surface area (Å²) in [5.41, 5.74) is 6.38. The molecule has 0 aromatic heterocycles. The molecule has 31 heavy (non-hydrogen) atoms. The summed E-state index contributed by atoms with van der Waals surface area (Å²) < 4.78 is 0. The third kappa shape index (κ3) is 9.62. The predicted molar refractivity (Wildman–Crippen MR) is 124 cm³/mol. The Morgan fingerprint density at radius 1 is 1.03 bits per heavy atom. The van der Waals surface area contributed by atoms with Crippen molar-refractivity contribution in [3.05, 3.63) is 35.9 Å². The number of rotatable bonds is 13. The Labute approximate surface area is 191 Å². The van der Waals surface area contributed by atoms with E-state index >= 15 is 0 Å². The van der Waals surface area contributed by atoms with Crippen LogP contribution < -0.4 is 21.7 Å². The second-order valence-electron chi connectivity index (χ2n) is 6.95. The standard InChI is InChI=1S/C20H30N4O5S2/c1-12(22-18(26)14(21)11-30)17(25)24-16(10-13-6-4-3-5-7-13)19(27)23-15(20(28)29)8-9-31-2/h3-7,12,14-16,30H,8-11,21H2,1-2H3,(H,22,26)(H,23,27)(H,24,25)(H,28,29)/t12-,14-,15-,16-/m0/s1. The zero-order chi connectivity index (χ0) is 23.4. The first-order valence-corrected chi connectivity index (χ1v) is 11.7. The van der Waals surface area contributed by atoms with E-state index in [9.17, 15) is 24.3 Å². The SMILES string of the molecule is CSCC[C@H](NC(=O)[C@H](Cc1ccccc1)NC(=O)[C@H](C)NC(=O)[C@@H](N)CS)C(=O)O. The van der Waals surface area contributed by atoms with Crippen molar-refractivity contribution in [2.24, 2.45) is 5.73 Å². The van der Waals surface area contributed by atoms with Crippen LogP contribution in [-0.4, -0.2) is 70.7 Å². The number of nitrogens with two attached hydrogens (primary N) is 1. The number of thioether (sulfide) groups is 1. The molecule has 9 nitrogen and oxygen atoms in total. The molecule has 0 unspecified atom stereocenters. The van der Waals surface area contributed by atoms with E-state index in [1.54, 1.807) is 24.3 Å². The number of hydrogen-bond acceptors (Lipinski definition) is 7. The average molecular weight is 471 g/mol. The molecular weight excluding hydrogens is 440 g/mol. The van der Waals surface area contributed by atoms with E-state index in [2.05, 4.69) is 28.6 Å². The van der Waals surface area contributed by atoms with Crippen molar-refractivity contribution in [2.45, 2.75) is 43.9 Å². The van der Waals surface area contributed by atoms with Crippen molar-refractivity contribution in [3.63, 3.8) is 0 Å². The van der Waals surface area contributed by atoms with Crippen LogP contribution in [0.5, 0.6) is 0 Å². The minimum absolute atomic E-state index is 0.117. The van der Waals surface area contributed by atoms with E-state index in [0.717, 1.165) is 5.56 Å². The van der Waals surface area contributed by atoms with Crippen LogP contribution in [0.15, 0.2) is 30.3 Å². The molecule has 0 saturated carbocycles. The maximum absolute atomic E-state index is 12.8. The summed E-state index contributed by atoms with van der Waals surface area (Å²) in [6.07, 6.45) is 2.25. The van der Waals surface area contributed by atoms with Crippen LogP contribution in [0.3, 0.4) is 0 Å². The Kier molecular flexibility index (Phi) is 12.1. The van der Waals surface area contributed by atoms with E-state index in [-0.39, 0.29) is 18.6 Å². The molecule has 6 N–H and O–H groups in total. The Bertz CT molecular complexity index is 750. The first-order valence-electron chi connectivity index (χ1n) is 9.72. The molecule has 0 heterocycles. The lowest BCUT2D eigenvalue weighted by atomic mass is 10.0. The van der Waals surface area contributed by atoms with E-state index in [4.69, 9.17) is 5.73 Å². The van der Waals surface area contributed by atoms with E-state index in [1.807, 2.05) is 12.3 Å². The molecule has 0 aliphatic carbocycles. The fourth-order valence-electron chi connectivity index (χ4n) is 2.59.